The highest BCUT2D eigenvalue weighted by atomic mass is 35.5. The molecular formula is C13H11ClN4O3S2. The molecule has 4 N–H and O–H groups in total. The van der Waals surface area contributed by atoms with Gasteiger partial charge in [-0.25, -0.2) is 14.3 Å². The molecule has 10 heteroatoms. The van der Waals surface area contributed by atoms with Crippen LogP contribution in [0.1, 0.15) is 23.2 Å². The van der Waals surface area contributed by atoms with Crippen LogP contribution >= 0.6 is 22.9 Å². The van der Waals surface area contributed by atoms with Crippen molar-refractivity contribution in [1.29, 1.82) is 5.26 Å². The van der Waals surface area contributed by atoms with Gasteiger partial charge in [-0.05, 0) is 25.0 Å². The molecule has 1 amide bonds. The first-order valence-electron chi connectivity index (χ1n) is 6.49. The van der Waals surface area contributed by atoms with E-state index in [0.29, 0.717) is 22.9 Å². The first kappa shape index (κ1) is 16.2. The number of fused-ring (bicyclic) bond motifs is 1. The Morgan fingerprint density at radius 1 is 1.43 bits per heavy atom. The van der Waals surface area contributed by atoms with Gasteiger partial charge in [0.1, 0.15) is 5.54 Å². The minimum atomic E-state index is -3.92. The molecule has 23 heavy (non-hydrogen) atoms. The van der Waals surface area contributed by atoms with Crippen LogP contribution in [-0.4, -0.2) is 19.9 Å². The number of nitrogens with two attached hydrogens (primary N) is 1. The number of nitrogens with one attached hydrogen (secondary N) is 2. The molecule has 0 saturated heterocycles. The number of thiophene rings is 1. The number of nitrogen functional groups attached to an aromatic ring is 1. The number of hydrazine groups is 1. The zero-order valence-electron chi connectivity index (χ0n) is 11.6. The average molecular weight is 371 g/mol. The third-order valence-corrected chi connectivity index (χ3v) is 6.54. The van der Waals surface area contributed by atoms with Gasteiger partial charge in [0.15, 0.2) is 0 Å². The molecular weight excluding hydrogens is 360 g/mol. The summed E-state index contributed by atoms with van der Waals surface area (Å²) in [6.45, 7) is 0. The van der Waals surface area contributed by atoms with Crippen molar-refractivity contribution in [3.63, 3.8) is 0 Å². The summed E-state index contributed by atoms with van der Waals surface area (Å²) in [5, 5.41) is 11.2. The maximum Gasteiger partial charge on any atom is 0.266 e. The number of amides is 1. The summed E-state index contributed by atoms with van der Waals surface area (Å²) in [6.07, 6.45) is 0.940. The lowest BCUT2D eigenvalue weighted by Gasteiger charge is -2.11. The Morgan fingerprint density at radius 2 is 2.13 bits per heavy atom. The fourth-order valence-electron chi connectivity index (χ4n) is 2.16. The first-order valence-corrected chi connectivity index (χ1v) is 9.23. The van der Waals surface area contributed by atoms with Crippen LogP contribution in [0.5, 0.6) is 0 Å². The van der Waals surface area contributed by atoms with E-state index in [1.807, 2.05) is 11.5 Å². The number of carbonyl (C=O) groups excluding carboxylic acids is 1. The van der Waals surface area contributed by atoms with E-state index in [1.165, 1.54) is 23.5 Å². The Hall–Kier alpha value is -1.70. The van der Waals surface area contributed by atoms with Gasteiger partial charge >= 0.3 is 0 Å². The standard InChI is InChI=1S/C13H11ClN4O3S2/c14-10-4-7(23(20,21)18-13(6-15)1-2-13)3-8-9(12(19)17-16)5-22-11(8)10/h3-5,18H,1-2,16H2,(H,17,19). The van der Waals surface area contributed by atoms with Crippen LogP contribution in [0.3, 0.4) is 0 Å². The number of hydrogen-bond donors (Lipinski definition) is 3. The van der Waals surface area contributed by atoms with Crippen molar-refractivity contribution in [1.82, 2.24) is 10.1 Å². The van der Waals surface area contributed by atoms with Crippen LogP contribution in [0.15, 0.2) is 22.4 Å². The molecule has 1 saturated carbocycles. The molecule has 1 aromatic carbocycles. The molecule has 1 fully saturated rings. The van der Waals surface area contributed by atoms with Gasteiger partial charge in [-0.2, -0.15) is 9.98 Å². The van der Waals surface area contributed by atoms with Crippen molar-refractivity contribution in [2.75, 3.05) is 0 Å². The lowest BCUT2D eigenvalue weighted by Crippen LogP contribution is -2.35. The second kappa shape index (κ2) is 5.43. The molecule has 0 radical (unpaired) electrons. The lowest BCUT2D eigenvalue weighted by atomic mass is 10.2. The SMILES string of the molecule is N#CC1(NS(=O)(=O)c2cc(Cl)c3scc(C(=O)NN)c3c2)CC1. The summed E-state index contributed by atoms with van der Waals surface area (Å²) in [6, 6.07) is 4.63. The highest BCUT2D eigenvalue weighted by Crippen LogP contribution is 2.38. The van der Waals surface area contributed by atoms with Crippen LogP contribution in [0.25, 0.3) is 10.1 Å². The topological polar surface area (TPSA) is 125 Å². The van der Waals surface area contributed by atoms with Gasteiger partial charge in [-0.3, -0.25) is 10.2 Å². The molecule has 0 unspecified atom stereocenters. The van der Waals surface area contributed by atoms with Crippen molar-refractivity contribution in [2.24, 2.45) is 5.84 Å². The summed E-state index contributed by atoms with van der Waals surface area (Å²) in [5.74, 6) is 4.59. The molecule has 1 heterocycles. The number of hydrogen-bond acceptors (Lipinski definition) is 6. The fraction of sp³-hybridized carbons (Fsp3) is 0.231. The van der Waals surface area contributed by atoms with E-state index in [-0.39, 0.29) is 15.5 Å². The number of benzene rings is 1. The third kappa shape index (κ3) is 2.80. The summed E-state index contributed by atoms with van der Waals surface area (Å²) >= 11 is 7.36. The van der Waals surface area contributed by atoms with Crippen molar-refractivity contribution < 1.29 is 13.2 Å². The van der Waals surface area contributed by atoms with E-state index in [2.05, 4.69) is 4.72 Å². The van der Waals surface area contributed by atoms with Gasteiger partial charge in [-0.15, -0.1) is 11.3 Å². The smallest absolute Gasteiger partial charge is 0.266 e. The minimum Gasteiger partial charge on any atom is -0.290 e. The molecule has 2 aromatic rings. The van der Waals surface area contributed by atoms with Gasteiger partial charge in [0.05, 0.1) is 26.3 Å². The largest absolute Gasteiger partial charge is 0.290 e. The average Bonchev–Trinajstić information content (AvgIpc) is 3.14. The molecule has 3 rings (SSSR count). The fourth-order valence-corrected chi connectivity index (χ4v) is 4.94. The summed E-state index contributed by atoms with van der Waals surface area (Å²) in [4.78, 5) is 11.7. The molecule has 1 aliphatic rings. The summed E-state index contributed by atoms with van der Waals surface area (Å²) < 4.78 is 27.9. The maximum absolute atomic E-state index is 12.5. The number of sulfonamides is 1. The van der Waals surface area contributed by atoms with E-state index in [9.17, 15) is 13.2 Å². The molecule has 1 aromatic heterocycles. The lowest BCUT2D eigenvalue weighted by molar-refractivity contribution is 0.0955. The van der Waals surface area contributed by atoms with Crippen molar-refractivity contribution in [2.45, 2.75) is 23.3 Å². The number of carbonyl (C=O) groups is 1. The van der Waals surface area contributed by atoms with Crippen LogP contribution in [0, 0.1) is 11.3 Å². The van der Waals surface area contributed by atoms with E-state index < -0.39 is 21.5 Å². The third-order valence-electron chi connectivity index (χ3n) is 3.58. The molecule has 0 bridgehead atoms. The molecule has 1 aliphatic carbocycles. The second-order valence-corrected chi connectivity index (χ2v) is 8.17. The Kier molecular flexibility index (Phi) is 3.82. The van der Waals surface area contributed by atoms with Crippen molar-refractivity contribution in [3.05, 3.63) is 28.1 Å². The highest BCUT2D eigenvalue weighted by Gasteiger charge is 2.46. The predicted octanol–water partition coefficient (Wildman–Crippen LogP) is 1.49. The van der Waals surface area contributed by atoms with E-state index in [1.54, 1.807) is 5.38 Å². The van der Waals surface area contributed by atoms with E-state index in [4.69, 9.17) is 22.7 Å². The van der Waals surface area contributed by atoms with Crippen molar-refractivity contribution >= 4 is 49.0 Å². The summed E-state index contributed by atoms with van der Waals surface area (Å²) in [7, 11) is -3.92. The van der Waals surface area contributed by atoms with E-state index in [0.717, 1.165) is 0 Å². The van der Waals surface area contributed by atoms with Crippen LogP contribution in [0.2, 0.25) is 5.02 Å². The Balaban J connectivity index is 2.12. The van der Waals surface area contributed by atoms with Crippen molar-refractivity contribution in [3.8, 4) is 6.07 Å². The molecule has 0 aliphatic heterocycles. The minimum absolute atomic E-state index is 0.0963. The monoisotopic (exact) mass is 370 g/mol. The molecule has 0 spiro atoms. The Morgan fingerprint density at radius 3 is 2.70 bits per heavy atom. The van der Waals surface area contributed by atoms with Gasteiger partial charge in [0, 0.05) is 10.8 Å². The van der Waals surface area contributed by atoms with Crippen LogP contribution in [-0.2, 0) is 10.0 Å². The second-order valence-electron chi connectivity index (χ2n) is 5.20. The van der Waals surface area contributed by atoms with Crippen LogP contribution < -0.4 is 16.0 Å². The maximum atomic E-state index is 12.5. The quantitative estimate of drug-likeness (QED) is 0.427. The molecule has 7 nitrogen and oxygen atoms in total. The zero-order valence-corrected chi connectivity index (χ0v) is 14.0. The van der Waals surface area contributed by atoms with Gasteiger partial charge in [-0.1, -0.05) is 11.6 Å². The number of nitrogens with zero attached hydrogens (tertiary/aromatic N) is 1. The Labute approximate surface area is 141 Å². The normalized spacial score (nSPS) is 16.0. The number of halogens is 1. The first-order chi connectivity index (χ1) is 10.8. The number of nitriles is 1. The van der Waals surface area contributed by atoms with E-state index >= 15 is 0 Å². The molecule has 0 atom stereocenters. The Bertz CT molecular complexity index is 957. The predicted molar refractivity (Wildman–Crippen MR) is 86.4 cm³/mol. The van der Waals surface area contributed by atoms with Gasteiger partial charge in [0.25, 0.3) is 5.91 Å². The van der Waals surface area contributed by atoms with Gasteiger partial charge < -0.3 is 0 Å². The summed E-state index contributed by atoms with van der Waals surface area (Å²) in [5.41, 5.74) is 1.22. The zero-order chi connectivity index (χ0) is 16.8. The molecule has 120 valence electrons. The highest BCUT2D eigenvalue weighted by molar-refractivity contribution is 7.89. The number of rotatable bonds is 4. The van der Waals surface area contributed by atoms with Gasteiger partial charge in [0.2, 0.25) is 10.0 Å². The van der Waals surface area contributed by atoms with Crippen LogP contribution in [0.4, 0.5) is 0 Å².